The van der Waals surface area contributed by atoms with Crippen LogP contribution in [-0.4, -0.2) is 89.4 Å². The van der Waals surface area contributed by atoms with Crippen LogP contribution in [0.4, 0.5) is 43.4 Å². The standard InChI is InChI=1S/C56H55F6N7O9S/c1-3-68(37-10-8-9-31(2)25-37)47(70)30-69-42-21-24-79-46(42)29-43(69)50(73)65-34-14-11-32(12-15-34)48(71)63-22-6-4-5-7-23-64-49(72)33-13-18-38-41(26-33)54(78-51(38)74)39-19-16-35(66-52(75)55(57,58)59)27-44(39)77-45-28-36(17-20-40(45)54)67-53(76)56(60,61)62/h8-10,13,16-21,24-29,32,34,47,70H,3-7,11-12,14-15,22-23,30H2,1-2H3,(H,63,71)(H,64,72)(H,65,73)(H,66,75)(H,67,76)/t32-,34-,47?. The third kappa shape index (κ3) is 11.9. The van der Waals surface area contributed by atoms with E-state index in [-0.39, 0.29) is 76.2 Å². The van der Waals surface area contributed by atoms with Crippen molar-refractivity contribution >= 4 is 74.1 Å². The van der Waals surface area contributed by atoms with Crippen molar-refractivity contribution in [3.8, 4) is 11.5 Å². The molecular weight excluding hydrogens is 1060 g/mol. The number of carbonyl (C=O) groups excluding carboxylic acids is 6. The Morgan fingerprint density at radius 2 is 1.39 bits per heavy atom. The van der Waals surface area contributed by atoms with Gasteiger partial charge in [-0.15, -0.1) is 11.3 Å². The molecule has 1 spiro atoms. The van der Waals surface area contributed by atoms with Gasteiger partial charge in [-0.3, -0.25) is 24.0 Å². The molecule has 2 aromatic heterocycles. The molecule has 16 nitrogen and oxygen atoms in total. The molecule has 5 amide bonds. The summed E-state index contributed by atoms with van der Waals surface area (Å²) in [6.45, 7) is 5.46. The zero-order valence-corrected chi connectivity index (χ0v) is 43.6. The number of aliphatic hydroxyl groups is 1. The van der Waals surface area contributed by atoms with Gasteiger partial charge in [0.2, 0.25) is 5.91 Å². The molecule has 4 aromatic carbocycles. The number of nitrogens with one attached hydrogen (secondary N) is 5. The van der Waals surface area contributed by atoms with E-state index in [0.717, 1.165) is 52.2 Å². The Hall–Kier alpha value is -7.92. The van der Waals surface area contributed by atoms with E-state index in [0.29, 0.717) is 63.7 Å². The summed E-state index contributed by atoms with van der Waals surface area (Å²) in [5.74, 6) is -6.98. The number of rotatable bonds is 18. The first-order valence-corrected chi connectivity index (χ1v) is 26.6. The second-order valence-electron chi connectivity index (χ2n) is 19.7. The molecule has 416 valence electrons. The summed E-state index contributed by atoms with van der Waals surface area (Å²) in [6.07, 6.45) is -6.17. The highest BCUT2D eigenvalue weighted by atomic mass is 32.1. The van der Waals surface area contributed by atoms with Crippen LogP contribution in [0.2, 0.25) is 0 Å². The minimum atomic E-state index is -5.26. The predicted molar refractivity (Wildman–Crippen MR) is 281 cm³/mol. The number of likely N-dealkylation sites (N-methyl/N-ethyl adjacent to an activating group) is 1. The maximum Gasteiger partial charge on any atom is 0.471 e. The number of amides is 5. The lowest BCUT2D eigenvalue weighted by Gasteiger charge is -2.37. The highest BCUT2D eigenvalue weighted by Gasteiger charge is 2.54. The Bertz CT molecular complexity index is 3250. The Kier molecular flexibility index (Phi) is 16.1. The number of fused-ring (bicyclic) bond motifs is 7. The number of aromatic nitrogens is 1. The zero-order chi connectivity index (χ0) is 56.4. The van der Waals surface area contributed by atoms with Crippen molar-refractivity contribution in [2.75, 3.05) is 35.2 Å². The summed E-state index contributed by atoms with van der Waals surface area (Å²) in [5.41, 5.74) is 0.852. The average molecular weight is 1120 g/mol. The Morgan fingerprint density at radius 3 is 2.00 bits per heavy atom. The van der Waals surface area contributed by atoms with E-state index >= 15 is 0 Å². The number of unbranched alkanes of at least 4 members (excludes halogenated alkanes) is 3. The van der Waals surface area contributed by atoms with E-state index in [4.69, 9.17) is 9.47 Å². The van der Waals surface area contributed by atoms with E-state index in [9.17, 15) is 60.2 Å². The number of esters is 1. The number of ether oxygens (including phenoxy) is 2. The molecule has 9 rings (SSSR count). The van der Waals surface area contributed by atoms with Crippen molar-refractivity contribution in [1.82, 2.24) is 20.5 Å². The number of alkyl halides is 6. The number of nitrogens with zero attached hydrogens (tertiary/aromatic N) is 2. The van der Waals surface area contributed by atoms with Gasteiger partial charge in [-0.1, -0.05) is 25.0 Å². The molecule has 0 radical (unpaired) electrons. The zero-order valence-electron chi connectivity index (χ0n) is 42.7. The third-order valence-corrected chi connectivity index (χ3v) is 15.2. The van der Waals surface area contributed by atoms with Crippen molar-refractivity contribution in [1.29, 1.82) is 0 Å². The first-order valence-electron chi connectivity index (χ1n) is 25.7. The number of halogens is 6. The summed E-state index contributed by atoms with van der Waals surface area (Å²) in [5, 5.41) is 25.9. The predicted octanol–water partition coefficient (Wildman–Crippen LogP) is 9.82. The fourth-order valence-electron chi connectivity index (χ4n) is 10.4. The number of anilines is 3. The lowest BCUT2D eigenvalue weighted by atomic mass is 9.77. The molecule has 23 heteroatoms. The first-order chi connectivity index (χ1) is 37.6. The number of thiophene rings is 1. The molecule has 2 aliphatic heterocycles. The van der Waals surface area contributed by atoms with Crippen LogP contribution in [0.15, 0.2) is 96.4 Å². The van der Waals surface area contributed by atoms with E-state index in [2.05, 4.69) is 16.0 Å². The highest BCUT2D eigenvalue weighted by Crippen LogP contribution is 2.57. The van der Waals surface area contributed by atoms with Crippen LogP contribution in [0.1, 0.15) is 112 Å². The van der Waals surface area contributed by atoms with Gasteiger partial charge in [0.05, 0.1) is 22.3 Å². The fraction of sp³-hybridized carbons (Fsp3) is 0.357. The first kappa shape index (κ1) is 55.8. The topological polar surface area (TPSA) is 209 Å². The number of hydrogen-bond acceptors (Lipinski definition) is 11. The summed E-state index contributed by atoms with van der Waals surface area (Å²) >= 11 is 1.53. The quantitative estimate of drug-likeness (QED) is 0.0208. The maximum absolute atomic E-state index is 13.8. The minimum Gasteiger partial charge on any atom is -0.456 e. The van der Waals surface area contributed by atoms with Gasteiger partial charge >= 0.3 is 30.1 Å². The van der Waals surface area contributed by atoms with Crippen LogP contribution < -0.4 is 36.2 Å². The van der Waals surface area contributed by atoms with Gasteiger partial charge in [0, 0.05) is 83.0 Å². The number of benzene rings is 4. The molecular formula is C56H55F6N7O9S. The van der Waals surface area contributed by atoms with Crippen LogP contribution in [0.25, 0.3) is 10.2 Å². The molecule has 1 aliphatic carbocycles. The van der Waals surface area contributed by atoms with Crippen molar-refractivity contribution < 1.29 is 69.7 Å². The number of aryl methyl sites for hydroxylation is 1. The van der Waals surface area contributed by atoms with Gasteiger partial charge in [-0.25, -0.2) is 4.79 Å². The lowest BCUT2D eigenvalue weighted by molar-refractivity contribution is -0.167. The summed E-state index contributed by atoms with van der Waals surface area (Å²) < 4.78 is 93.8. The molecule has 1 atom stereocenters. The van der Waals surface area contributed by atoms with Gasteiger partial charge in [-0.2, -0.15) is 26.3 Å². The molecule has 1 unspecified atom stereocenters. The molecule has 6 N–H and O–H groups in total. The summed E-state index contributed by atoms with van der Waals surface area (Å²) in [4.78, 5) is 79.6. The number of hydrogen-bond donors (Lipinski definition) is 6. The normalized spacial score (nSPS) is 16.6. The Balaban J connectivity index is 0.752. The van der Waals surface area contributed by atoms with Crippen molar-refractivity contribution in [3.63, 3.8) is 0 Å². The largest absolute Gasteiger partial charge is 0.471 e. The fourth-order valence-corrected chi connectivity index (χ4v) is 11.3. The van der Waals surface area contributed by atoms with Crippen molar-refractivity contribution in [2.45, 2.75) is 102 Å². The second-order valence-corrected chi connectivity index (χ2v) is 20.6. The van der Waals surface area contributed by atoms with Crippen LogP contribution in [0.5, 0.6) is 11.5 Å². The summed E-state index contributed by atoms with van der Waals surface area (Å²) in [6, 6.07) is 22.5. The SMILES string of the molecule is CCN(c1cccc(C)c1)C(O)Cn1c(C(=O)N[C@H]2CC[C@H](C(=O)NCCCCCCNC(=O)c3ccc4c(c3)C3(OC4=O)c4ccc(NC(=O)C(F)(F)F)cc4Oc4cc(NC(=O)C(F)(F)F)ccc43)CC2)cc2sccc21. The van der Waals surface area contributed by atoms with E-state index in [1.54, 1.807) is 10.6 Å². The molecule has 0 saturated heterocycles. The van der Waals surface area contributed by atoms with E-state index in [1.807, 2.05) is 65.1 Å². The van der Waals surface area contributed by atoms with Gasteiger partial charge in [0.25, 0.3) is 11.8 Å². The van der Waals surface area contributed by atoms with Crippen molar-refractivity contribution in [3.05, 3.63) is 135 Å². The Morgan fingerprint density at radius 1 is 0.759 bits per heavy atom. The van der Waals surface area contributed by atoms with Crippen LogP contribution in [-0.2, 0) is 31.3 Å². The summed E-state index contributed by atoms with van der Waals surface area (Å²) in [7, 11) is 0. The third-order valence-electron chi connectivity index (χ3n) is 14.4. The smallest absolute Gasteiger partial charge is 0.456 e. The van der Waals surface area contributed by atoms with E-state index < -0.39 is 59.2 Å². The van der Waals surface area contributed by atoms with Crippen LogP contribution in [0.3, 0.4) is 0 Å². The number of carbonyl (C=O) groups is 6. The monoisotopic (exact) mass is 1120 g/mol. The van der Waals surface area contributed by atoms with E-state index in [1.165, 1.54) is 41.7 Å². The maximum atomic E-state index is 13.8. The number of aliphatic hydroxyl groups excluding tert-OH is 1. The van der Waals surface area contributed by atoms with Gasteiger partial charge in [-0.05, 0) is 130 Å². The Labute approximate surface area is 452 Å². The van der Waals surface area contributed by atoms with Gasteiger partial charge in [0.1, 0.15) is 23.4 Å². The van der Waals surface area contributed by atoms with Gasteiger partial charge < -0.3 is 50.6 Å². The molecule has 79 heavy (non-hydrogen) atoms. The molecule has 0 bridgehead atoms. The second kappa shape index (κ2) is 22.8. The lowest BCUT2D eigenvalue weighted by Crippen LogP contribution is -2.42. The molecule has 4 heterocycles. The molecule has 3 aliphatic rings. The van der Waals surface area contributed by atoms with Crippen LogP contribution in [0, 0.1) is 12.8 Å². The van der Waals surface area contributed by atoms with Crippen molar-refractivity contribution in [2.24, 2.45) is 5.92 Å². The molecule has 6 aromatic rings. The molecule has 1 saturated carbocycles. The molecule has 1 fully saturated rings. The highest BCUT2D eigenvalue weighted by molar-refractivity contribution is 7.17. The van der Waals surface area contributed by atoms with Gasteiger partial charge in [0.15, 0.2) is 5.60 Å². The average Bonchev–Trinajstić information content (AvgIpc) is 3.09. The van der Waals surface area contributed by atoms with Crippen LogP contribution >= 0.6 is 11.3 Å². The minimum absolute atomic E-state index is 0.00259.